The molecule has 0 aliphatic rings. The summed E-state index contributed by atoms with van der Waals surface area (Å²) in [6, 6.07) is 15.4. The van der Waals surface area contributed by atoms with Gasteiger partial charge in [0.15, 0.2) is 0 Å². The number of methoxy groups -OCH3 is 2. The third-order valence-electron chi connectivity index (χ3n) is 4.30. The van der Waals surface area contributed by atoms with Crippen LogP contribution in [0.4, 0.5) is 0 Å². The molecule has 0 bridgehead atoms. The predicted octanol–water partition coefficient (Wildman–Crippen LogP) is 3.14. The molecule has 0 saturated carbocycles. The highest BCUT2D eigenvalue weighted by molar-refractivity contribution is 5.76. The molecule has 3 aromatic rings. The second kappa shape index (κ2) is 8.89. The molecule has 0 aliphatic heterocycles. The van der Waals surface area contributed by atoms with Crippen LogP contribution in [0.15, 0.2) is 60.9 Å². The van der Waals surface area contributed by atoms with Crippen LogP contribution in [0.3, 0.4) is 0 Å². The summed E-state index contributed by atoms with van der Waals surface area (Å²) in [6.07, 6.45) is 4.61. The molecule has 0 atom stereocenters. The van der Waals surface area contributed by atoms with E-state index in [1.54, 1.807) is 25.1 Å². The van der Waals surface area contributed by atoms with Gasteiger partial charge in [0.2, 0.25) is 5.91 Å². The lowest BCUT2D eigenvalue weighted by molar-refractivity contribution is -0.121. The van der Waals surface area contributed by atoms with Gasteiger partial charge in [-0.2, -0.15) is 5.10 Å². The van der Waals surface area contributed by atoms with E-state index in [2.05, 4.69) is 10.4 Å². The van der Waals surface area contributed by atoms with Crippen LogP contribution in [0, 0.1) is 0 Å². The Labute approximate surface area is 158 Å². The van der Waals surface area contributed by atoms with E-state index in [0.717, 1.165) is 28.3 Å². The maximum absolute atomic E-state index is 12.2. The number of hydrogen-bond acceptors (Lipinski definition) is 4. The van der Waals surface area contributed by atoms with Gasteiger partial charge in [-0.15, -0.1) is 0 Å². The van der Waals surface area contributed by atoms with E-state index < -0.39 is 0 Å². The molecule has 0 spiro atoms. The number of hydrogen-bond donors (Lipinski definition) is 1. The molecule has 6 heteroatoms. The number of nitrogens with one attached hydrogen (secondary N) is 1. The molecule has 2 aromatic carbocycles. The Morgan fingerprint density at radius 2 is 1.93 bits per heavy atom. The van der Waals surface area contributed by atoms with Crippen molar-refractivity contribution in [2.75, 3.05) is 14.2 Å². The molecule has 1 aromatic heterocycles. The maximum atomic E-state index is 12.2. The van der Waals surface area contributed by atoms with Crippen LogP contribution in [0.25, 0.3) is 5.69 Å². The Morgan fingerprint density at radius 1 is 1.11 bits per heavy atom. The summed E-state index contributed by atoms with van der Waals surface area (Å²) < 4.78 is 12.4. The molecule has 27 heavy (non-hydrogen) atoms. The second-order valence-corrected chi connectivity index (χ2v) is 6.07. The third-order valence-corrected chi connectivity index (χ3v) is 4.30. The topological polar surface area (TPSA) is 65.4 Å². The van der Waals surface area contributed by atoms with Crippen molar-refractivity contribution in [3.05, 3.63) is 72.1 Å². The van der Waals surface area contributed by atoms with Gasteiger partial charge >= 0.3 is 0 Å². The fourth-order valence-corrected chi connectivity index (χ4v) is 2.80. The average molecular weight is 365 g/mol. The monoisotopic (exact) mass is 365 g/mol. The molecule has 0 aliphatic carbocycles. The molecule has 1 amide bonds. The zero-order chi connectivity index (χ0) is 19.1. The minimum atomic E-state index is -0.00368. The van der Waals surface area contributed by atoms with Crippen LogP contribution in [-0.2, 0) is 17.8 Å². The van der Waals surface area contributed by atoms with Crippen molar-refractivity contribution in [3.8, 4) is 17.2 Å². The standard InChI is InChI=1S/C21H23N3O3/c1-26-19-9-10-20(27-2)17(14-19)6-11-21(25)22-15-16-4-7-18(8-5-16)24-13-3-12-23-24/h3-5,7-10,12-14H,6,11,15H2,1-2H3,(H,22,25). The Bertz CT molecular complexity index is 874. The third kappa shape index (κ3) is 4.88. The molecule has 0 radical (unpaired) electrons. The van der Waals surface area contributed by atoms with Gasteiger partial charge in [-0.05, 0) is 53.9 Å². The van der Waals surface area contributed by atoms with Gasteiger partial charge in [0.05, 0.1) is 19.9 Å². The van der Waals surface area contributed by atoms with Crippen molar-refractivity contribution in [1.29, 1.82) is 0 Å². The van der Waals surface area contributed by atoms with E-state index in [1.165, 1.54) is 0 Å². The first-order valence-electron chi connectivity index (χ1n) is 8.76. The minimum Gasteiger partial charge on any atom is -0.497 e. The number of ether oxygens (including phenoxy) is 2. The van der Waals surface area contributed by atoms with Gasteiger partial charge in [-0.3, -0.25) is 4.79 Å². The van der Waals surface area contributed by atoms with Crippen LogP contribution in [0.1, 0.15) is 17.5 Å². The summed E-state index contributed by atoms with van der Waals surface area (Å²) in [6.45, 7) is 0.494. The smallest absolute Gasteiger partial charge is 0.220 e. The first kappa shape index (κ1) is 18.5. The zero-order valence-electron chi connectivity index (χ0n) is 15.5. The Balaban J connectivity index is 1.51. The van der Waals surface area contributed by atoms with Crippen LogP contribution < -0.4 is 14.8 Å². The van der Waals surface area contributed by atoms with Crippen molar-refractivity contribution in [1.82, 2.24) is 15.1 Å². The molecular weight excluding hydrogens is 342 g/mol. The van der Waals surface area contributed by atoms with E-state index in [-0.39, 0.29) is 5.91 Å². The van der Waals surface area contributed by atoms with Gasteiger partial charge in [0.25, 0.3) is 0 Å². The van der Waals surface area contributed by atoms with Crippen LogP contribution in [-0.4, -0.2) is 29.9 Å². The molecular formula is C21H23N3O3. The van der Waals surface area contributed by atoms with Gasteiger partial charge < -0.3 is 14.8 Å². The lowest BCUT2D eigenvalue weighted by atomic mass is 10.1. The highest BCUT2D eigenvalue weighted by atomic mass is 16.5. The highest BCUT2D eigenvalue weighted by Gasteiger charge is 2.08. The van der Waals surface area contributed by atoms with Gasteiger partial charge in [0, 0.05) is 25.4 Å². The lowest BCUT2D eigenvalue weighted by Crippen LogP contribution is -2.23. The van der Waals surface area contributed by atoms with Crippen molar-refractivity contribution in [2.24, 2.45) is 0 Å². The average Bonchev–Trinajstić information content (AvgIpc) is 3.25. The number of aryl methyl sites for hydroxylation is 1. The highest BCUT2D eigenvalue weighted by Crippen LogP contribution is 2.25. The molecule has 1 N–H and O–H groups in total. The fourth-order valence-electron chi connectivity index (χ4n) is 2.80. The first-order valence-corrected chi connectivity index (χ1v) is 8.76. The first-order chi connectivity index (χ1) is 13.2. The number of carbonyl (C=O) groups is 1. The summed E-state index contributed by atoms with van der Waals surface area (Å²) >= 11 is 0. The molecule has 0 fully saturated rings. The van der Waals surface area contributed by atoms with Crippen LogP contribution in [0.2, 0.25) is 0 Å². The molecule has 0 saturated heterocycles. The van der Waals surface area contributed by atoms with Crippen molar-refractivity contribution in [2.45, 2.75) is 19.4 Å². The number of carbonyl (C=O) groups excluding carboxylic acids is 1. The molecule has 3 rings (SSSR count). The summed E-state index contributed by atoms with van der Waals surface area (Å²) in [5, 5.41) is 7.15. The number of benzene rings is 2. The van der Waals surface area contributed by atoms with Crippen molar-refractivity contribution in [3.63, 3.8) is 0 Å². The zero-order valence-corrected chi connectivity index (χ0v) is 15.5. The number of rotatable bonds is 8. The maximum Gasteiger partial charge on any atom is 0.220 e. The normalized spacial score (nSPS) is 10.4. The lowest BCUT2D eigenvalue weighted by Gasteiger charge is -2.11. The molecule has 6 nitrogen and oxygen atoms in total. The van der Waals surface area contributed by atoms with Crippen LogP contribution >= 0.6 is 0 Å². The molecule has 140 valence electrons. The van der Waals surface area contributed by atoms with E-state index >= 15 is 0 Å². The number of nitrogens with zero attached hydrogens (tertiary/aromatic N) is 2. The largest absolute Gasteiger partial charge is 0.497 e. The second-order valence-electron chi connectivity index (χ2n) is 6.07. The van der Waals surface area contributed by atoms with E-state index in [9.17, 15) is 4.79 Å². The summed E-state index contributed by atoms with van der Waals surface area (Å²) in [4.78, 5) is 12.2. The van der Waals surface area contributed by atoms with Crippen molar-refractivity contribution >= 4 is 5.91 Å². The van der Waals surface area contributed by atoms with Gasteiger partial charge in [-0.1, -0.05) is 12.1 Å². The van der Waals surface area contributed by atoms with Crippen LogP contribution in [0.5, 0.6) is 11.5 Å². The predicted molar refractivity (Wildman–Crippen MR) is 103 cm³/mol. The minimum absolute atomic E-state index is 0.00368. The quantitative estimate of drug-likeness (QED) is 0.666. The summed E-state index contributed by atoms with van der Waals surface area (Å²) in [7, 11) is 3.24. The summed E-state index contributed by atoms with van der Waals surface area (Å²) in [5.41, 5.74) is 2.98. The number of aromatic nitrogens is 2. The molecule has 1 heterocycles. The molecule has 0 unspecified atom stereocenters. The van der Waals surface area contributed by atoms with Crippen molar-refractivity contribution < 1.29 is 14.3 Å². The number of amides is 1. The Hall–Kier alpha value is -3.28. The van der Waals surface area contributed by atoms with E-state index in [4.69, 9.17) is 9.47 Å². The van der Waals surface area contributed by atoms with E-state index in [0.29, 0.717) is 19.4 Å². The summed E-state index contributed by atoms with van der Waals surface area (Å²) in [5.74, 6) is 1.51. The Morgan fingerprint density at radius 3 is 2.59 bits per heavy atom. The SMILES string of the molecule is COc1ccc(OC)c(CCC(=O)NCc2ccc(-n3cccn3)cc2)c1. The van der Waals surface area contributed by atoms with E-state index in [1.807, 2.05) is 54.7 Å². The van der Waals surface area contributed by atoms with Gasteiger partial charge in [-0.25, -0.2) is 4.68 Å². The van der Waals surface area contributed by atoms with Gasteiger partial charge in [0.1, 0.15) is 11.5 Å². The Kier molecular flexibility index (Phi) is 6.10. The fraction of sp³-hybridized carbons (Fsp3) is 0.238.